The minimum Gasteiger partial charge on any atom is -0.493 e. The third-order valence-electron chi connectivity index (χ3n) is 5.21. The van der Waals surface area contributed by atoms with Gasteiger partial charge in [0.1, 0.15) is 22.5 Å². The van der Waals surface area contributed by atoms with Crippen LogP contribution < -0.4 is 10.2 Å². The zero-order valence-corrected chi connectivity index (χ0v) is 17.1. The van der Waals surface area contributed by atoms with Gasteiger partial charge in [-0.2, -0.15) is 0 Å². The van der Waals surface area contributed by atoms with E-state index in [0.717, 1.165) is 44.5 Å². The van der Waals surface area contributed by atoms with Crippen molar-refractivity contribution in [3.05, 3.63) is 64.8 Å². The van der Waals surface area contributed by atoms with Crippen molar-refractivity contribution in [2.75, 3.05) is 26.2 Å². The van der Waals surface area contributed by atoms with Crippen LogP contribution in [0.25, 0.3) is 22.3 Å². The molecule has 2 aromatic carbocycles. The number of likely N-dealkylation sites (tertiary alicyclic amines) is 1. The highest BCUT2D eigenvalue weighted by atomic mass is 35.5. The van der Waals surface area contributed by atoms with E-state index in [1.54, 1.807) is 6.07 Å². The summed E-state index contributed by atoms with van der Waals surface area (Å²) in [4.78, 5) is 15.1. The van der Waals surface area contributed by atoms with Gasteiger partial charge in [-0.3, -0.25) is 4.79 Å². The monoisotopic (exact) mass is 415 g/mol. The number of hydrogen-bond donors (Lipinski definition) is 1. The van der Waals surface area contributed by atoms with Gasteiger partial charge in [-0.05, 0) is 31.4 Å². The lowest BCUT2D eigenvalue weighted by molar-refractivity contribution is 0.0800. The molecule has 1 aliphatic heterocycles. The Morgan fingerprint density at radius 2 is 1.83 bits per heavy atom. The molecule has 0 saturated carbocycles. The molecule has 3 aromatic rings. The van der Waals surface area contributed by atoms with Gasteiger partial charge >= 0.3 is 0 Å². The predicted octanol–water partition coefficient (Wildman–Crippen LogP) is 4.11. The fourth-order valence-electron chi connectivity index (χ4n) is 3.66. The number of aliphatic hydroxyl groups is 1. The smallest absolute Gasteiger partial charge is 0.197 e. The Morgan fingerprint density at radius 1 is 1.07 bits per heavy atom. The molecule has 1 aliphatic rings. The number of nitrogens with zero attached hydrogens (tertiary/aromatic N) is 1. The van der Waals surface area contributed by atoms with E-state index in [4.69, 9.17) is 9.15 Å². The minimum atomic E-state index is -0.150. The summed E-state index contributed by atoms with van der Waals surface area (Å²) in [5, 5.41) is 10.1. The Kier molecular flexibility index (Phi) is 7.31. The number of aliphatic hydroxyl groups excluding tert-OH is 1. The fourth-order valence-corrected chi connectivity index (χ4v) is 3.66. The van der Waals surface area contributed by atoms with Crippen LogP contribution >= 0.6 is 12.4 Å². The van der Waals surface area contributed by atoms with Crippen LogP contribution in [0.4, 0.5) is 0 Å². The van der Waals surface area contributed by atoms with Crippen LogP contribution in [0.1, 0.15) is 19.3 Å². The van der Waals surface area contributed by atoms with Gasteiger partial charge in [-0.25, -0.2) is 0 Å². The number of piperidine rings is 1. The molecule has 154 valence electrons. The molecule has 1 N–H and O–H groups in total. The molecule has 5 nitrogen and oxygen atoms in total. The van der Waals surface area contributed by atoms with Gasteiger partial charge < -0.3 is 19.2 Å². The van der Waals surface area contributed by atoms with Crippen molar-refractivity contribution >= 4 is 23.4 Å². The maximum atomic E-state index is 12.7. The topological polar surface area (TPSA) is 62.9 Å². The first-order valence-corrected chi connectivity index (χ1v) is 9.86. The average molecular weight is 416 g/mol. The van der Waals surface area contributed by atoms with Crippen molar-refractivity contribution in [2.24, 2.45) is 0 Å². The minimum absolute atomic E-state index is 0. The summed E-state index contributed by atoms with van der Waals surface area (Å²) in [5.41, 5.74) is 1.31. The third-order valence-corrected chi connectivity index (χ3v) is 5.21. The second-order valence-electron chi connectivity index (χ2n) is 7.25. The molecule has 0 bridgehead atoms. The summed E-state index contributed by atoms with van der Waals surface area (Å²) in [6, 6.07) is 16.6. The Hall–Kier alpha value is -2.34. The van der Waals surface area contributed by atoms with Gasteiger partial charge in [0.2, 0.25) is 0 Å². The maximum Gasteiger partial charge on any atom is 0.197 e. The van der Waals surface area contributed by atoms with E-state index in [-0.39, 0.29) is 23.9 Å². The molecule has 2 heterocycles. The van der Waals surface area contributed by atoms with Crippen molar-refractivity contribution in [2.45, 2.75) is 25.4 Å². The molecule has 0 atom stereocenters. The average Bonchev–Trinajstić information content (AvgIpc) is 2.73. The first-order chi connectivity index (χ1) is 13.7. The van der Waals surface area contributed by atoms with Crippen LogP contribution in [0.2, 0.25) is 0 Å². The van der Waals surface area contributed by atoms with E-state index >= 15 is 0 Å². The molecule has 0 aliphatic carbocycles. The number of rotatable bonds is 6. The SMILES string of the molecule is Cl.O=c1cc(-c2ccccc2)oc2cccc(OCCCN3CCC(O)CC3)c12. The summed E-state index contributed by atoms with van der Waals surface area (Å²) in [7, 11) is 0. The van der Waals surface area contributed by atoms with Gasteiger partial charge in [0, 0.05) is 31.3 Å². The van der Waals surface area contributed by atoms with Gasteiger partial charge in [0.05, 0.1) is 12.7 Å². The number of halogens is 1. The Morgan fingerprint density at radius 3 is 2.59 bits per heavy atom. The largest absolute Gasteiger partial charge is 0.493 e. The van der Waals surface area contributed by atoms with Crippen LogP contribution in [0.5, 0.6) is 5.75 Å². The summed E-state index contributed by atoms with van der Waals surface area (Å²) in [6.45, 7) is 3.34. The zero-order valence-electron chi connectivity index (χ0n) is 16.3. The molecule has 0 unspecified atom stereocenters. The third kappa shape index (κ3) is 5.18. The van der Waals surface area contributed by atoms with Crippen molar-refractivity contribution in [1.82, 2.24) is 4.90 Å². The number of benzene rings is 2. The lowest BCUT2D eigenvalue weighted by atomic mass is 10.1. The molecule has 29 heavy (non-hydrogen) atoms. The Labute approximate surface area is 176 Å². The summed E-state index contributed by atoms with van der Waals surface area (Å²) in [6.07, 6.45) is 2.41. The summed E-state index contributed by atoms with van der Waals surface area (Å²) in [5.74, 6) is 1.13. The molecule has 0 radical (unpaired) electrons. The molecule has 0 spiro atoms. The zero-order chi connectivity index (χ0) is 19.3. The highest BCUT2D eigenvalue weighted by Crippen LogP contribution is 2.27. The molecular formula is C23H26ClNO4. The van der Waals surface area contributed by atoms with Gasteiger partial charge in [-0.15, -0.1) is 12.4 Å². The van der Waals surface area contributed by atoms with Crippen LogP contribution in [-0.2, 0) is 0 Å². The van der Waals surface area contributed by atoms with Crippen LogP contribution in [0, 0.1) is 0 Å². The Bertz CT molecular complexity index is 981. The summed E-state index contributed by atoms with van der Waals surface area (Å²) >= 11 is 0. The first-order valence-electron chi connectivity index (χ1n) is 9.86. The molecule has 0 amide bonds. The van der Waals surface area contributed by atoms with E-state index in [0.29, 0.717) is 29.1 Å². The van der Waals surface area contributed by atoms with E-state index in [2.05, 4.69) is 4.90 Å². The standard InChI is InChI=1S/C23H25NO4.ClH/c25-18-10-13-24(14-11-18)12-5-15-27-20-8-4-9-21-23(20)19(26)16-22(28-21)17-6-2-1-3-7-17;/h1-4,6-9,16,18,25H,5,10-15H2;1H. The molecule has 1 fully saturated rings. The van der Waals surface area contributed by atoms with E-state index in [1.807, 2.05) is 42.5 Å². The Balaban J connectivity index is 0.00000240. The molecular weight excluding hydrogens is 390 g/mol. The molecule has 1 saturated heterocycles. The molecule has 6 heteroatoms. The van der Waals surface area contributed by atoms with Crippen molar-refractivity contribution < 1.29 is 14.3 Å². The molecule has 4 rings (SSSR count). The normalized spacial score (nSPS) is 15.2. The van der Waals surface area contributed by atoms with E-state index < -0.39 is 0 Å². The highest BCUT2D eigenvalue weighted by Gasteiger charge is 2.16. The van der Waals surface area contributed by atoms with Crippen LogP contribution in [0.3, 0.4) is 0 Å². The van der Waals surface area contributed by atoms with Gasteiger partial charge in [0.25, 0.3) is 0 Å². The van der Waals surface area contributed by atoms with Gasteiger partial charge in [-0.1, -0.05) is 36.4 Å². The van der Waals surface area contributed by atoms with Gasteiger partial charge in [0.15, 0.2) is 5.43 Å². The number of ether oxygens (including phenoxy) is 1. The lowest BCUT2D eigenvalue weighted by Gasteiger charge is -2.29. The highest BCUT2D eigenvalue weighted by molar-refractivity contribution is 5.85. The fraction of sp³-hybridized carbons (Fsp3) is 0.348. The number of fused-ring (bicyclic) bond motifs is 1. The van der Waals surface area contributed by atoms with Crippen molar-refractivity contribution in [1.29, 1.82) is 0 Å². The maximum absolute atomic E-state index is 12.7. The first kappa shape index (κ1) is 21.4. The quantitative estimate of drug-likeness (QED) is 0.614. The lowest BCUT2D eigenvalue weighted by Crippen LogP contribution is -2.36. The number of hydrogen-bond acceptors (Lipinski definition) is 5. The predicted molar refractivity (Wildman–Crippen MR) is 117 cm³/mol. The van der Waals surface area contributed by atoms with Crippen LogP contribution in [0.15, 0.2) is 63.8 Å². The van der Waals surface area contributed by atoms with E-state index in [9.17, 15) is 9.90 Å². The second-order valence-corrected chi connectivity index (χ2v) is 7.25. The van der Waals surface area contributed by atoms with E-state index in [1.165, 1.54) is 6.07 Å². The van der Waals surface area contributed by atoms with Crippen molar-refractivity contribution in [3.8, 4) is 17.1 Å². The second kappa shape index (κ2) is 9.92. The summed E-state index contributed by atoms with van der Waals surface area (Å²) < 4.78 is 11.9. The van der Waals surface area contributed by atoms with Crippen molar-refractivity contribution in [3.63, 3.8) is 0 Å². The molecule has 1 aromatic heterocycles. The van der Waals surface area contributed by atoms with Crippen LogP contribution in [-0.4, -0.2) is 42.4 Å².